The predicted molar refractivity (Wildman–Crippen MR) is 125 cm³/mol. The van der Waals surface area contributed by atoms with Gasteiger partial charge in [-0.15, -0.1) is 0 Å². The highest BCUT2D eigenvalue weighted by Crippen LogP contribution is 2.10. The number of carbonyl (C=O) groups excluding carboxylic acids is 1. The Morgan fingerprint density at radius 3 is 1.67 bits per heavy atom. The van der Waals surface area contributed by atoms with E-state index < -0.39 is 0 Å². The molecule has 0 radical (unpaired) electrons. The molecule has 2 nitrogen and oxygen atoms in total. The molecule has 0 aliphatic carbocycles. The Bertz CT molecular complexity index is 418. The first-order valence-corrected chi connectivity index (χ1v) is 10.9. The van der Waals surface area contributed by atoms with Gasteiger partial charge in [0.15, 0.2) is 0 Å². The van der Waals surface area contributed by atoms with Gasteiger partial charge in [0.05, 0.1) is 6.54 Å². The summed E-state index contributed by atoms with van der Waals surface area (Å²) in [4.78, 5) is 9.98. The van der Waals surface area contributed by atoms with Crippen molar-refractivity contribution in [3.8, 4) is 0 Å². The molecular formula is C25H49NO. The Morgan fingerprint density at radius 1 is 0.963 bits per heavy atom. The summed E-state index contributed by atoms with van der Waals surface area (Å²) in [5.74, 6) is 1.13. The molecule has 1 aromatic rings. The molecule has 0 aliphatic rings. The molecule has 1 N–H and O–H groups in total. The average Bonchev–Trinajstić information content (AvgIpc) is 2.65. The van der Waals surface area contributed by atoms with Crippen LogP contribution in [0.1, 0.15) is 96.8 Å². The van der Waals surface area contributed by atoms with Gasteiger partial charge in [-0.25, -0.2) is 0 Å². The third-order valence-corrected chi connectivity index (χ3v) is 4.55. The summed E-state index contributed by atoms with van der Waals surface area (Å²) in [6.07, 6.45) is 8.17. The Labute approximate surface area is 171 Å². The molecule has 0 saturated carbocycles. The standard InChI is InChI=1S/C9H12.C8H18.C4H9NO.C4H10/c1-7-5-4-6-8(2)9(7)3;1-4-6-7-8(3)5-2;1-4(6)3-5-2;1-3-4-2/h4-6H,1-3H3;8H,4-7H2,1-3H3;5H,3H2,1-2H3;3-4H2,1-2H3. The maximum absolute atomic E-state index is 9.98. The summed E-state index contributed by atoms with van der Waals surface area (Å²) in [6, 6.07) is 6.38. The fourth-order valence-corrected chi connectivity index (χ4v) is 1.90. The quantitative estimate of drug-likeness (QED) is 0.533. The van der Waals surface area contributed by atoms with Crippen molar-refractivity contribution in [2.75, 3.05) is 13.6 Å². The summed E-state index contributed by atoms with van der Waals surface area (Å²) in [6.45, 7) is 19.7. The Morgan fingerprint density at radius 2 is 1.44 bits per heavy atom. The van der Waals surface area contributed by atoms with Gasteiger partial charge >= 0.3 is 0 Å². The Balaban J connectivity index is -0.000000297. The minimum absolute atomic E-state index is 0.178. The third-order valence-electron chi connectivity index (χ3n) is 4.55. The van der Waals surface area contributed by atoms with Crippen LogP contribution in [-0.2, 0) is 4.79 Å². The van der Waals surface area contributed by atoms with Crippen molar-refractivity contribution >= 4 is 5.78 Å². The van der Waals surface area contributed by atoms with Gasteiger partial charge in [-0.05, 0) is 57.4 Å². The molecule has 0 bridgehead atoms. The second-order valence-corrected chi connectivity index (χ2v) is 7.40. The maximum atomic E-state index is 9.98. The van der Waals surface area contributed by atoms with E-state index in [9.17, 15) is 4.79 Å². The van der Waals surface area contributed by atoms with Crippen LogP contribution in [-0.4, -0.2) is 19.4 Å². The second kappa shape index (κ2) is 22.9. The Kier molecular flexibility index (Phi) is 25.9. The number of Topliss-reactive ketones (excluding diaryl/α,β-unsaturated/α-hetero) is 1. The van der Waals surface area contributed by atoms with Crippen LogP contribution in [0.4, 0.5) is 0 Å². The normalized spacial score (nSPS) is 10.3. The second-order valence-electron chi connectivity index (χ2n) is 7.40. The molecule has 27 heavy (non-hydrogen) atoms. The van der Waals surface area contributed by atoms with Gasteiger partial charge in [0.2, 0.25) is 0 Å². The van der Waals surface area contributed by atoms with Crippen LogP contribution in [0, 0.1) is 26.7 Å². The largest absolute Gasteiger partial charge is 0.313 e. The van der Waals surface area contributed by atoms with Crippen LogP contribution < -0.4 is 5.32 Å². The smallest absolute Gasteiger partial charge is 0.143 e. The number of nitrogens with one attached hydrogen (secondary N) is 1. The molecule has 1 atom stereocenters. The molecule has 0 saturated heterocycles. The van der Waals surface area contributed by atoms with Gasteiger partial charge in [0, 0.05) is 0 Å². The number of carbonyl (C=O) groups is 1. The lowest BCUT2D eigenvalue weighted by Crippen LogP contribution is -2.14. The van der Waals surface area contributed by atoms with Crippen molar-refractivity contribution in [2.24, 2.45) is 5.92 Å². The fourth-order valence-electron chi connectivity index (χ4n) is 1.90. The summed E-state index contributed by atoms with van der Waals surface area (Å²) in [5.41, 5.74) is 4.18. The highest BCUT2D eigenvalue weighted by atomic mass is 16.1. The van der Waals surface area contributed by atoms with Crippen molar-refractivity contribution in [2.45, 2.75) is 101 Å². The molecular weight excluding hydrogens is 330 g/mol. The van der Waals surface area contributed by atoms with Crippen LogP contribution in [0.3, 0.4) is 0 Å². The molecule has 1 unspecified atom stereocenters. The molecule has 1 rings (SSSR count). The zero-order chi connectivity index (χ0) is 21.7. The van der Waals surface area contributed by atoms with E-state index in [1.165, 1.54) is 55.2 Å². The predicted octanol–water partition coefficient (Wildman–Crippen LogP) is 7.44. The lowest BCUT2D eigenvalue weighted by Gasteiger charge is -2.04. The van der Waals surface area contributed by atoms with Crippen molar-refractivity contribution in [1.82, 2.24) is 5.32 Å². The lowest BCUT2D eigenvalue weighted by atomic mass is 10.0. The zero-order valence-corrected chi connectivity index (χ0v) is 20.2. The molecule has 2 heteroatoms. The molecule has 0 spiro atoms. The molecule has 0 aliphatic heterocycles. The number of ketones is 1. The van der Waals surface area contributed by atoms with E-state index in [2.05, 4.69) is 78.9 Å². The number of hydrogen-bond acceptors (Lipinski definition) is 2. The van der Waals surface area contributed by atoms with E-state index in [4.69, 9.17) is 0 Å². The van der Waals surface area contributed by atoms with Crippen LogP contribution in [0.25, 0.3) is 0 Å². The maximum Gasteiger partial charge on any atom is 0.143 e. The third kappa shape index (κ3) is 24.9. The van der Waals surface area contributed by atoms with Gasteiger partial charge in [-0.2, -0.15) is 0 Å². The molecule has 0 fully saturated rings. The van der Waals surface area contributed by atoms with Gasteiger partial charge < -0.3 is 5.32 Å². The van der Waals surface area contributed by atoms with Crippen molar-refractivity contribution in [3.63, 3.8) is 0 Å². The SMILES string of the molecule is CCCC.CCCCC(C)CC.CNCC(C)=O.Cc1cccc(C)c1C. The Hall–Kier alpha value is -1.15. The molecule has 0 amide bonds. The molecule has 0 heterocycles. The topological polar surface area (TPSA) is 29.1 Å². The van der Waals surface area contributed by atoms with E-state index in [-0.39, 0.29) is 5.78 Å². The molecule has 160 valence electrons. The van der Waals surface area contributed by atoms with E-state index in [1.807, 2.05) is 0 Å². The van der Waals surface area contributed by atoms with E-state index in [0.717, 1.165) is 5.92 Å². The number of likely N-dealkylation sites (N-methyl/N-ethyl adjacent to an activating group) is 1. The fraction of sp³-hybridized carbons (Fsp3) is 0.720. The lowest BCUT2D eigenvalue weighted by molar-refractivity contribution is -0.116. The molecule has 1 aromatic carbocycles. The van der Waals surface area contributed by atoms with Gasteiger partial charge in [-0.1, -0.05) is 91.3 Å². The van der Waals surface area contributed by atoms with Crippen LogP contribution in [0.5, 0.6) is 0 Å². The van der Waals surface area contributed by atoms with E-state index >= 15 is 0 Å². The summed E-state index contributed by atoms with van der Waals surface area (Å²) in [5, 5.41) is 2.72. The van der Waals surface area contributed by atoms with Gasteiger partial charge in [0.1, 0.15) is 5.78 Å². The van der Waals surface area contributed by atoms with Crippen molar-refractivity contribution in [1.29, 1.82) is 0 Å². The average molecular weight is 380 g/mol. The summed E-state index contributed by atoms with van der Waals surface area (Å²) < 4.78 is 0. The summed E-state index contributed by atoms with van der Waals surface area (Å²) in [7, 11) is 1.75. The van der Waals surface area contributed by atoms with Gasteiger partial charge in [-0.3, -0.25) is 4.79 Å². The first-order valence-electron chi connectivity index (χ1n) is 10.9. The minimum Gasteiger partial charge on any atom is -0.313 e. The van der Waals surface area contributed by atoms with Gasteiger partial charge in [0.25, 0.3) is 0 Å². The number of benzene rings is 1. The molecule has 0 aromatic heterocycles. The van der Waals surface area contributed by atoms with E-state index in [0.29, 0.717) is 6.54 Å². The number of unbranched alkanes of at least 4 members (excludes halogenated alkanes) is 2. The number of rotatable bonds is 7. The number of hydrogen-bond donors (Lipinski definition) is 1. The first kappa shape index (κ1) is 30.6. The van der Waals surface area contributed by atoms with Crippen LogP contribution in [0.15, 0.2) is 18.2 Å². The van der Waals surface area contributed by atoms with Crippen molar-refractivity contribution < 1.29 is 4.79 Å². The highest BCUT2D eigenvalue weighted by molar-refractivity contribution is 5.77. The monoisotopic (exact) mass is 379 g/mol. The zero-order valence-electron chi connectivity index (χ0n) is 20.2. The van der Waals surface area contributed by atoms with E-state index in [1.54, 1.807) is 14.0 Å². The minimum atomic E-state index is 0.178. The number of aryl methyl sites for hydroxylation is 2. The van der Waals surface area contributed by atoms with Crippen LogP contribution in [0.2, 0.25) is 0 Å². The first-order chi connectivity index (χ1) is 12.7. The van der Waals surface area contributed by atoms with Crippen LogP contribution >= 0.6 is 0 Å². The van der Waals surface area contributed by atoms with Crippen molar-refractivity contribution in [3.05, 3.63) is 34.9 Å². The summed E-state index contributed by atoms with van der Waals surface area (Å²) >= 11 is 0. The highest BCUT2D eigenvalue weighted by Gasteiger charge is 1.94.